The molecule has 1 aromatic rings. The third kappa shape index (κ3) is 3.29. The van der Waals surface area contributed by atoms with Gasteiger partial charge in [-0.15, -0.1) is 0 Å². The predicted molar refractivity (Wildman–Crippen MR) is 66.2 cm³/mol. The number of hydrogen-bond donors (Lipinski definition) is 1. The van der Waals surface area contributed by atoms with E-state index >= 15 is 0 Å². The van der Waals surface area contributed by atoms with Gasteiger partial charge in [0.1, 0.15) is 0 Å². The number of carbonyl (C=O) groups is 1. The van der Waals surface area contributed by atoms with E-state index in [4.69, 9.17) is 9.47 Å². The Labute approximate surface area is 106 Å². The van der Waals surface area contributed by atoms with E-state index in [0.29, 0.717) is 19.8 Å². The average Bonchev–Trinajstić information content (AvgIpc) is 2.63. The molecule has 5 heteroatoms. The third-order valence-electron chi connectivity index (χ3n) is 2.68. The number of hydrogen-bond acceptors (Lipinski definition) is 4. The average molecular weight is 251 g/mol. The van der Waals surface area contributed by atoms with Crippen LogP contribution in [0.25, 0.3) is 0 Å². The Morgan fingerprint density at radius 1 is 1.33 bits per heavy atom. The van der Waals surface area contributed by atoms with E-state index in [0.717, 1.165) is 29.9 Å². The fourth-order valence-corrected chi connectivity index (χ4v) is 1.74. The zero-order valence-corrected chi connectivity index (χ0v) is 10.4. The van der Waals surface area contributed by atoms with E-state index in [1.807, 2.05) is 18.2 Å². The summed E-state index contributed by atoms with van der Waals surface area (Å²) >= 11 is 0. The number of alkyl carbamates (subject to hydrolysis) is 1. The maximum atomic E-state index is 10.9. The SMILES string of the molecule is COC(=O)NCCc1ccc2c(c1)OCCCO2. The summed E-state index contributed by atoms with van der Waals surface area (Å²) < 4.78 is 15.6. The minimum atomic E-state index is -0.413. The number of nitrogens with one attached hydrogen (secondary N) is 1. The second kappa shape index (κ2) is 6.14. The van der Waals surface area contributed by atoms with Crippen LogP contribution in [0.5, 0.6) is 11.5 Å². The monoisotopic (exact) mass is 251 g/mol. The first kappa shape index (κ1) is 12.5. The van der Waals surface area contributed by atoms with Gasteiger partial charge >= 0.3 is 6.09 Å². The molecule has 0 unspecified atom stereocenters. The molecule has 0 aromatic heterocycles. The van der Waals surface area contributed by atoms with E-state index < -0.39 is 6.09 Å². The van der Waals surface area contributed by atoms with Crippen molar-refractivity contribution < 1.29 is 19.0 Å². The van der Waals surface area contributed by atoms with Crippen molar-refractivity contribution in [1.29, 1.82) is 0 Å². The molecule has 1 N–H and O–H groups in total. The molecular weight excluding hydrogens is 234 g/mol. The summed E-state index contributed by atoms with van der Waals surface area (Å²) in [5.74, 6) is 1.57. The Morgan fingerprint density at radius 3 is 2.89 bits per heavy atom. The molecule has 1 aliphatic rings. The minimum Gasteiger partial charge on any atom is -0.490 e. The maximum absolute atomic E-state index is 10.9. The van der Waals surface area contributed by atoms with Crippen LogP contribution in [0.15, 0.2) is 18.2 Å². The number of methoxy groups -OCH3 is 1. The van der Waals surface area contributed by atoms with Gasteiger partial charge in [0.05, 0.1) is 20.3 Å². The number of carbonyl (C=O) groups excluding carboxylic acids is 1. The Kier molecular flexibility index (Phi) is 4.28. The minimum absolute atomic E-state index is 0.413. The van der Waals surface area contributed by atoms with Crippen LogP contribution in [-0.4, -0.2) is 33.0 Å². The van der Waals surface area contributed by atoms with Crippen LogP contribution in [0, 0.1) is 0 Å². The van der Waals surface area contributed by atoms with Gasteiger partial charge in [0, 0.05) is 13.0 Å². The molecule has 0 aliphatic carbocycles. The second-order valence-corrected chi connectivity index (χ2v) is 4.00. The van der Waals surface area contributed by atoms with Gasteiger partial charge in [-0.1, -0.05) is 6.07 Å². The van der Waals surface area contributed by atoms with E-state index in [1.54, 1.807) is 0 Å². The molecule has 98 valence electrons. The van der Waals surface area contributed by atoms with Gasteiger partial charge in [0.15, 0.2) is 11.5 Å². The van der Waals surface area contributed by atoms with E-state index in [9.17, 15) is 4.79 Å². The number of benzene rings is 1. The third-order valence-corrected chi connectivity index (χ3v) is 2.68. The van der Waals surface area contributed by atoms with Crippen LogP contribution in [0.4, 0.5) is 4.79 Å². The van der Waals surface area contributed by atoms with Crippen molar-refractivity contribution in [2.24, 2.45) is 0 Å². The van der Waals surface area contributed by atoms with Crippen LogP contribution in [-0.2, 0) is 11.2 Å². The second-order valence-electron chi connectivity index (χ2n) is 4.00. The number of ether oxygens (including phenoxy) is 3. The highest BCUT2D eigenvalue weighted by Crippen LogP contribution is 2.30. The quantitative estimate of drug-likeness (QED) is 0.889. The highest BCUT2D eigenvalue weighted by atomic mass is 16.5. The van der Waals surface area contributed by atoms with Gasteiger partial charge in [-0.3, -0.25) is 0 Å². The largest absolute Gasteiger partial charge is 0.490 e. The Morgan fingerprint density at radius 2 is 2.11 bits per heavy atom. The fourth-order valence-electron chi connectivity index (χ4n) is 1.74. The maximum Gasteiger partial charge on any atom is 0.406 e. The van der Waals surface area contributed by atoms with Crippen LogP contribution < -0.4 is 14.8 Å². The van der Waals surface area contributed by atoms with E-state index in [-0.39, 0.29) is 0 Å². The van der Waals surface area contributed by atoms with Crippen LogP contribution in [0.1, 0.15) is 12.0 Å². The summed E-state index contributed by atoms with van der Waals surface area (Å²) in [5.41, 5.74) is 1.09. The Hall–Kier alpha value is -1.91. The van der Waals surface area contributed by atoms with Gasteiger partial charge in [0.2, 0.25) is 0 Å². The summed E-state index contributed by atoms with van der Waals surface area (Å²) in [6.07, 6.45) is 1.21. The lowest BCUT2D eigenvalue weighted by Gasteiger charge is -2.09. The van der Waals surface area contributed by atoms with Gasteiger partial charge in [-0.05, 0) is 24.1 Å². The lowest BCUT2D eigenvalue weighted by Crippen LogP contribution is -2.25. The predicted octanol–water partition coefficient (Wildman–Crippen LogP) is 1.75. The summed E-state index contributed by atoms with van der Waals surface area (Å²) in [7, 11) is 1.35. The van der Waals surface area contributed by atoms with Crippen molar-refractivity contribution in [2.75, 3.05) is 26.9 Å². The van der Waals surface area contributed by atoms with Crippen molar-refractivity contribution in [1.82, 2.24) is 5.32 Å². The topological polar surface area (TPSA) is 56.8 Å². The number of amides is 1. The first-order valence-electron chi connectivity index (χ1n) is 6.00. The van der Waals surface area contributed by atoms with Gasteiger partial charge < -0.3 is 19.5 Å². The lowest BCUT2D eigenvalue weighted by molar-refractivity contribution is 0.171. The molecule has 1 aromatic carbocycles. The molecule has 2 rings (SSSR count). The summed E-state index contributed by atoms with van der Waals surface area (Å²) in [4.78, 5) is 10.9. The molecule has 1 amide bonds. The van der Waals surface area contributed by atoms with Gasteiger partial charge in [-0.25, -0.2) is 4.79 Å². The lowest BCUT2D eigenvalue weighted by atomic mass is 10.1. The summed E-state index contributed by atoms with van der Waals surface area (Å²) in [6, 6.07) is 5.85. The highest BCUT2D eigenvalue weighted by molar-refractivity contribution is 5.66. The highest BCUT2D eigenvalue weighted by Gasteiger charge is 2.10. The molecule has 0 spiro atoms. The molecule has 0 saturated carbocycles. The van der Waals surface area contributed by atoms with Crippen LogP contribution in [0.3, 0.4) is 0 Å². The molecule has 1 heterocycles. The summed E-state index contributed by atoms with van der Waals surface area (Å²) in [5, 5.41) is 2.64. The Balaban J connectivity index is 1.93. The van der Waals surface area contributed by atoms with Crippen LogP contribution in [0.2, 0.25) is 0 Å². The molecule has 0 atom stereocenters. The van der Waals surface area contributed by atoms with Crippen molar-refractivity contribution in [2.45, 2.75) is 12.8 Å². The fraction of sp³-hybridized carbons (Fsp3) is 0.462. The van der Waals surface area contributed by atoms with Crippen molar-refractivity contribution in [3.63, 3.8) is 0 Å². The molecule has 0 bridgehead atoms. The number of rotatable bonds is 3. The molecule has 18 heavy (non-hydrogen) atoms. The van der Waals surface area contributed by atoms with Crippen molar-refractivity contribution in [3.05, 3.63) is 23.8 Å². The van der Waals surface area contributed by atoms with E-state index in [1.165, 1.54) is 7.11 Å². The van der Waals surface area contributed by atoms with Crippen molar-refractivity contribution in [3.8, 4) is 11.5 Å². The first-order valence-corrected chi connectivity index (χ1v) is 6.00. The molecule has 1 aliphatic heterocycles. The zero-order chi connectivity index (χ0) is 12.8. The van der Waals surface area contributed by atoms with Gasteiger partial charge in [-0.2, -0.15) is 0 Å². The Bertz CT molecular complexity index is 419. The normalized spacial score (nSPS) is 13.6. The summed E-state index contributed by atoms with van der Waals surface area (Å²) in [6.45, 7) is 1.90. The van der Waals surface area contributed by atoms with Crippen molar-refractivity contribution >= 4 is 6.09 Å². The smallest absolute Gasteiger partial charge is 0.406 e. The number of fused-ring (bicyclic) bond motifs is 1. The molecule has 0 radical (unpaired) electrons. The molecular formula is C13H17NO4. The molecule has 5 nitrogen and oxygen atoms in total. The van der Waals surface area contributed by atoms with Gasteiger partial charge in [0.25, 0.3) is 0 Å². The molecule has 0 saturated heterocycles. The molecule has 0 fully saturated rings. The van der Waals surface area contributed by atoms with Crippen LogP contribution >= 0.6 is 0 Å². The standard InChI is InChI=1S/C13H17NO4/c1-16-13(15)14-6-5-10-3-4-11-12(9-10)18-8-2-7-17-11/h3-4,9H,2,5-8H2,1H3,(H,14,15). The first-order chi connectivity index (χ1) is 8.79. The zero-order valence-electron chi connectivity index (χ0n) is 10.4. The van der Waals surface area contributed by atoms with E-state index in [2.05, 4.69) is 10.1 Å².